The third-order valence-corrected chi connectivity index (χ3v) is 5.07. The van der Waals surface area contributed by atoms with E-state index in [9.17, 15) is 13.2 Å². The highest BCUT2D eigenvalue weighted by molar-refractivity contribution is 6.62. The number of rotatable bonds is 1. The van der Waals surface area contributed by atoms with Gasteiger partial charge in [-0.3, -0.25) is 0 Å². The average molecular weight is 327 g/mol. The van der Waals surface area contributed by atoms with E-state index in [-0.39, 0.29) is 0 Å². The molecular formula is C16H21BF3NO2. The molecule has 0 saturated carbocycles. The first-order chi connectivity index (χ1) is 10.5. The summed E-state index contributed by atoms with van der Waals surface area (Å²) in [6.07, 6.45) is -3.73. The highest BCUT2D eigenvalue weighted by atomic mass is 19.4. The summed E-state index contributed by atoms with van der Waals surface area (Å²) in [5, 5.41) is 2.54. The van der Waals surface area contributed by atoms with E-state index in [0.29, 0.717) is 24.1 Å². The number of fused-ring (bicyclic) bond motifs is 1. The average Bonchev–Trinajstić information content (AvgIpc) is 2.65. The normalized spacial score (nSPS) is 26.2. The molecule has 2 heterocycles. The van der Waals surface area contributed by atoms with Crippen molar-refractivity contribution in [2.24, 2.45) is 0 Å². The molecule has 0 amide bonds. The zero-order valence-electron chi connectivity index (χ0n) is 13.8. The van der Waals surface area contributed by atoms with Gasteiger partial charge in [-0.25, -0.2) is 0 Å². The maximum Gasteiger partial charge on any atom is 0.494 e. The summed E-state index contributed by atoms with van der Waals surface area (Å²) in [5.74, 6) is 0. The molecule has 2 aliphatic rings. The van der Waals surface area contributed by atoms with Crippen LogP contribution >= 0.6 is 0 Å². The first-order valence-corrected chi connectivity index (χ1v) is 7.80. The van der Waals surface area contributed by atoms with Gasteiger partial charge in [0.1, 0.15) is 6.04 Å². The Bertz CT molecular complexity index is 600. The molecule has 1 N–H and O–H groups in total. The maximum absolute atomic E-state index is 13.1. The molecule has 0 spiro atoms. The first-order valence-electron chi connectivity index (χ1n) is 7.80. The highest BCUT2D eigenvalue weighted by Crippen LogP contribution is 2.38. The minimum Gasteiger partial charge on any atom is -0.399 e. The number of benzene rings is 1. The number of hydrogen-bond donors (Lipinski definition) is 1. The van der Waals surface area contributed by atoms with E-state index in [2.05, 4.69) is 5.32 Å². The molecule has 0 radical (unpaired) electrons. The predicted octanol–water partition coefficient (Wildman–Crippen LogP) is 2.73. The summed E-state index contributed by atoms with van der Waals surface area (Å²) < 4.78 is 51.3. The van der Waals surface area contributed by atoms with Gasteiger partial charge in [-0.15, -0.1) is 0 Å². The van der Waals surface area contributed by atoms with E-state index in [1.165, 1.54) is 0 Å². The number of halogens is 3. The number of alkyl halides is 3. The fraction of sp³-hybridized carbons (Fsp3) is 0.625. The van der Waals surface area contributed by atoms with Crippen molar-refractivity contribution in [3.05, 3.63) is 29.3 Å². The Morgan fingerprint density at radius 1 is 1.13 bits per heavy atom. The Hall–Kier alpha value is -1.05. The molecule has 2 aliphatic heterocycles. The monoisotopic (exact) mass is 327 g/mol. The molecule has 23 heavy (non-hydrogen) atoms. The molecule has 1 fully saturated rings. The van der Waals surface area contributed by atoms with Crippen molar-refractivity contribution in [2.75, 3.05) is 6.54 Å². The molecule has 1 atom stereocenters. The number of hydrogen-bond acceptors (Lipinski definition) is 3. The van der Waals surface area contributed by atoms with Crippen LogP contribution in [0.1, 0.15) is 44.9 Å². The fourth-order valence-electron chi connectivity index (χ4n) is 3.00. The van der Waals surface area contributed by atoms with Gasteiger partial charge in [0.2, 0.25) is 0 Å². The second-order valence-corrected chi connectivity index (χ2v) is 7.23. The minimum atomic E-state index is -4.29. The van der Waals surface area contributed by atoms with E-state index in [1.54, 1.807) is 18.2 Å². The van der Waals surface area contributed by atoms with Crippen LogP contribution in [0.25, 0.3) is 0 Å². The van der Waals surface area contributed by atoms with E-state index in [1.807, 2.05) is 27.7 Å². The largest absolute Gasteiger partial charge is 0.494 e. The van der Waals surface area contributed by atoms with E-state index in [0.717, 1.165) is 5.46 Å². The number of nitrogens with one attached hydrogen (secondary N) is 1. The SMILES string of the molecule is CC1(C)OB(c2ccc3c(c2)CCNC3C(F)(F)F)OC1(C)C. The van der Waals surface area contributed by atoms with Gasteiger partial charge in [0, 0.05) is 6.54 Å². The lowest BCUT2D eigenvalue weighted by Crippen LogP contribution is -2.41. The van der Waals surface area contributed by atoms with Gasteiger partial charge in [-0.2, -0.15) is 13.2 Å². The van der Waals surface area contributed by atoms with Crippen LogP contribution in [-0.2, 0) is 15.7 Å². The maximum atomic E-state index is 13.1. The molecule has 126 valence electrons. The molecule has 3 rings (SSSR count). The van der Waals surface area contributed by atoms with Crippen LogP contribution in [0, 0.1) is 0 Å². The van der Waals surface area contributed by atoms with Gasteiger partial charge in [0.05, 0.1) is 11.2 Å². The molecule has 1 unspecified atom stereocenters. The van der Waals surface area contributed by atoms with Gasteiger partial charge in [-0.1, -0.05) is 18.2 Å². The highest BCUT2D eigenvalue weighted by Gasteiger charge is 2.52. The van der Waals surface area contributed by atoms with Crippen molar-refractivity contribution >= 4 is 12.6 Å². The first kappa shape index (κ1) is 16.8. The Kier molecular flexibility index (Phi) is 3.82. The lowest BCUT2D eigenvalue weighted by atomic mass is 9.76. The Labute approximate surface area is 134 Å². The quantitative estimate of drug-likeness (QED) is 0.805. The van der Waals surface area contributed by atoms with Crippen molar-refractivity contribution < 1.29 is 22.5 Å². The predicted molar refractivity (Wildman–Crippen MR) is 82.7 cm³/mol. The molecule has 1 aromatic rings. The van der Waals surface area contributed by atoms with Crippen LogP contribution in [0.2, 0.25) is 0 Å². The topological polar surface area (TPSA) is 30.5 Å². The van der Waals surface area contributed by atoms with Crippen molar-refractivity contribution in [1.29, 1.82) is 0 Å². The Morgan fingerprint density at radius 2 is 1.74 bits per heavy atom. The van der Waals surface area contributed by atoms with Gasteiger partial charge in [-0.05, 0) is 50.7 Å². The summed E-state index contributed by atoms with van der Waals surface area (Å²) in [5.41, 5.74) is 0.834. The van der Waals surface area contributed by atoms with Crippen LogP contribution in [0.3, 0.4) is 0 Å². The molecule has 0 aliphatic carbocycles. The molecule has 1 aromatic carbocycles. The molecule has 3 nitrogen and oxygen atoms in total. The zero-order valence-corrected chi connectivity index (χ0v) is 13.8. The van der Waals surface area contributed by atoms with Gasteiger partial charge < -0.3 is 14.6 Å². The van der Waals surface area contributed by atoms with Crippen LogP contribution in [-0.4, -0.2) is 31.0 Å². The summed E-state index contributed by atoms with van der Waals surface area (Å²) in [6.45, 7) is 8.12. The summed E-state index contributed by atoms with van der Waals surface area (Å²) >= 11 is 0. The zero-order chi connectivity index (χ0) is 17.0. The van der Waals surface area contributed by atoms with E-state index in [4.69, 9.17) is 9.31 Å². The lowest BCUT2D eigenvalue weighted by Gasteiger charge is -2.32. The second kappa shape index (κ2) is 5.23. The van der Waals surface area contributed by atoms with Gasteiger partial charge in [0.15, 0.2) is 0 Å². The van der Waals surface area contributed by atoms with E-state index < -0.39 is 30.5 Å². The molecule has 0 aromatic heterocycles. The summed E-state index contributed by atoms with van der Waals surface area (Å²) in [6, 6.07) is 3.41. The van der Waals surface area contributed by atoms with Gasteiger partial charge >= 0.3 is 13.3 Å². The smallest absolute Gasteiger partial charge is 0.399 e. The third kappa shape index (κ3) is 2.90. The van der Waals surface area contributed by atoms with Crippen molar-refractivity contribution in [2.45, 2.75) is 57.5 Å². The van der Waals surface area contributed by atoms with Crippen LogP contribution in [0.5, 0.6) is 0 Å². The molecular weight excluding hydrogens is 306 g/mol. The lowest BCUT2D eigenvalue weighted by molar-refractivity contribution is -0.158. The molecule has 0 bridgehead atoms. The molecule has 7 heteroatoms. The Morgan fingerprint density at radius 3 is 2.30 bits per heavy atom. The summed E-state index contributed by atoms with van der Waals surface area (Å²) in [7, 11) is -0.551. The molecule has 1 saturated heterocycles. The van der Waals surface area contributed by atoms with Gasteiger partial charge in [0.25, 0.3) is 0 Å². The summed E-state index contributed by atoms with van der Waals surface area (Å²) in [4.78, 5) is 0. The van der Waals surface area contributed by atoms with Crippen LogP contribution in [0.4, 0.5) is 13.2 Å². The Balaban J connectivity index is 1.91. The van der Waals surface area contributed by atoms with Crippen molar-refractivity contribution in [3.63, 3.8) is 0 Å². The third-order valence-electron chi connectivity index (χ3n) is 5.07. The van der Waals surface area contributed by atoms with Crippen molar-refractivity contribution in [3.8, 4) is 0 Å². The van der Waals surface area contributed by atoms with Crippen LogP contribution in [0.15, 0.2) is 18.2 Å². The second-order valence-electron chi connectivity index (χ2n) is 7.23. The minimum absolute atomic E-state index is 0.295. The van der Waals surface area contributed by atoms with E-state index >= 15 is 0 Å². The fourth-order valence-corrected chi connectivity index (χ4v) is 3.00. The van der Waals surface area contributed by atoms with Crippen LogP contribution < -0.4 is 10.8 Å². The standard InChI is InChI=1S/C16H21BF3NO2/c1-14(2)15(3,4)23-17(22-14)11-5-6-12-10(9-11)7-8-21-13(12)16(18,19)20/h5-6,9,13,21H,7-8H2,1-4H3. The van der Waals surface area contributed by atoms with Crippen molar-refractivity contribution in [1.82, 2.24) is 5.32 Å².